The third-order valence-electron chi connectivity index (χ3n) is 5.91. The summed E-state index contributed by atoms with van der Waals surface area (Å²) in [7, 11) is 0. The van der Waals surface area contributed by atoms with E-state index in [2.05, 4.69) is 22.9 Å². The molecule has 4 fully saturated rings. The van der Waals surface area contributed by atoms with E-state index in [1.165, 1.54) is 19.3 Å². The lowest BCUT2D eigenvalue weighted by molar-refractivity contribution is -0.120. The number of nitrogens with one attached hydrogen (secondary N) is 3. The van der Waals surface area contributed by atoms with Crippen LogP contribution in [0, 0.1) is 17.8 Å². The molecule has 23 heavy (non-hydrogen) atoms. The Morgan fingerprint density at radius 2 is 1.57 bits per heavy atom. The van der Waals surface area contributed by atoms with Gasteiger partial charge in [-0.15, -0.1) is 0 Å². The van der Waals surface area contributed by atoms with E-state index >= 15 is 0 Å². The molecular weight excluding hydrogens is 290 g/mol. The maximum Gasteiger partial charge on any atom is 0.315 e. The molecule has 0 spiro atoms. The van der Waals surface area contributed by atoms with Crippen LogP contribution in [0.3, 0.4) is 0 Å². The summed E-state index contributed by atoms with van der Waals surface area (Å²) in [5.41, 5.74) is 0.0439. The number of rotatable bonds is 7. The zero-order chi connectivity index (χ0) is 16.3. The van der Waals surface area contributed by atoms with Gasteiger partial charge in [-0.3, -0.25) is 4.79 Å². The van der Waals surface area contributed by atoms with E-state index in [0.717, 1.165) is 56.4 Å². The number of unbranched alkanes of at least 4 members (excludes halogenated alkanes) is 1. The Morgan fingerprint density at radius 3 is 2.13 bits per heavy atom. The molecule has 4 aliphatic carbocycles. The summed E-state index contributed by atoms with van der Waals surface area (Å²) in [4.78, 5) is 23.8. The van der Waals surface area contributed by atoms with E-state index in [0.29, 0.717) is 13.0 Å². The molecule has 0 atom stereocenters. The molecule has 3 N–H and O–H groups in total. The van der Waals surface area contributed by atoms with E-state index in [-0.39, 0.29) is 17.5 Å². The SMILES string of the molecule is CCCCNC(=O)CCNC(=O)NC12CC3CC(CC(C3)C1)C2. The fraction of sp³-hybridized carbons (Fsp3) is 0.889. The summed E-state index contributed by atoms with van der Waals surface area (Å²) in [6.07, 6.45) is 10.0. The third-order valence-corrected chi connectivity index (χ3v) is 5.91. The molecule has 0 aromatic heterocycles. The van der Waals surface area contributed by atoms with Crippen molar-refractivity contribution in [2.24, 2.45) is 17.8 Å². The summed E-state index contributed by atoms with van der Waals surface area (Å²) in [5, 5.41) is 9.01. The molecule has 0 saturated heterocycles. The molecule has 4 bridgehead atoms. The molecule has 3 amide bonds. The molecule has 0 unspecified atom stereocenters. The van der Waals surface area contributed by atoms with Crippen LogP contribution in [0.15, 0.2) is 0 Å². The molecule has 130 valence electrons. The Morgan fingerprint density at radius 1 is 0.957 bits per heavy atom. The largest absolute Gasteiger partial charge is 0.356 e. The molecule has 4 rings (SSSR count). The minimum absolute atomic E-state index is 0.0218. The molecule has 5 heteroatoms. The lowest BCUT2D eigenvalue weighted by Crippen LogP contribution is -2.61. The van der Waals surface area contributed by atoms with E-state index < -0.39 is 0 Å². The molecule has 0 aliphatic heterocycles. The van der Waals surface area contributed by atoms with Gasteiger partial charge in [0.05, 0.1) is 0 Å². The number of amides is 3. The van der Waals surface area contributed by atoms with Crippen molar-refractivity contribution in [2.45, 2.75) is 70.3 Å². The van der Waals surface area contributed by atoms with Crippen molar-refractivity contribution in [2.75, 3.05) is 13.1 Å². The Labute approximate surface area is 139 Å². The van der Waals surface area contributed by atoms with Crippen LogP contribution in [0.2, 0.25) is 0 Å². The van der Waals surface area contributed by atoms with Gasteiger partial charge in [-0.25, -0.2) is 4.79 Å². The average Bonchev–Trinajstić information content (AvgIpc) is 2.45. The molecular formula is C18H31N3O2. The summed E-state index contributed by atoms with van der Waals surface area (Å²) in [6.45, 7) is 3.24. The minimum atomic E-state index is -0.0895. The standard InChI is InChI=1S/C18H31N3O2/c1-2-3-5-19-16(22)4-6-20-17(23)21-18-10-13-7-14(11-18)9-15(8-13)12-18/h13-15H,2-12H2,1H3,(H,19,22)(H2,20,21,23). The van der Waals surface area contributed by atoms with Crippen molar-refractivity contribution in [1.29, 1.82) is 0 Å². The number of carbonyl (C=O) groups excluding carboxylic acids is 2. The molecule has 0 aromatic rings. The summed E-state index contributed by atoms with van der Waals surface area (Å²) < 4.78 is 0. The van der Waals surface area contributed by atoms with Crippen LogP contribution in [-0.2, 0) is 4.79 Å². The fourth-order valence-corrected chi connectivity index (χ4v) is 5.33. The second-order valence-corrected chi connectivity index (χ2v) is 8.03. The van der Waals surface area contributed by atoms with Crippen molar-refractivity contribution in [3.05, 3.63) is 0 Å². The lowest BCUT2D eigenvalue weighted by atomic mass is 9.53. The normalized spacial score (nSPS) is 34.2. The quantitative estimate of drug-likeness (QED) is 0.631. The molecule has 5 nitrogen and oxygen atoms in total. The molecule has 0 radical (unpaired) electrons. The first-order chi connectivity index (χ1) is 11.1. The Balaban J connectivity index is 1.37. The number of carbonyl (C=O) groups is 2. The van der Waals surface area contributed by atoms with Gasteiger partial charge in [0.15, 0.2) is 0 Å². The summed E-state index contributed by atoms with van der Waals surface area (Å²) >= 11 is 0. The smallest absolute Gasteiger partial charge is 0.315 e. The van der Waals surface area contributed by atoms with Crippen LogP contribution in [0.5, 0.6) is 0 Å². The predicted octanol–water partition coefficient (Wildman–Crippen LogP) is 2.56. The third kappa shape index (κ3) is 4.18. The first kappa shape index (κ1) is 16.6. The fourth-order valence-electron chi connectivity index (χ4n) is 5.33. The summed E-state index contributed by atoms with van der Waals surface area (Å²) in [6, 6.07) is -0.0895. The zero-order valence-electron chi connectivity index (χ0n) is 14.3. The second-order valence-electron chi connectivity index (χ2n) is 8.03. The maximum absolute atomic E-state index is 12.2. The predicted molar refractivity (Wildman–Crippen MR) is 90.0 cm³/mol. The van der Waals surface area contributed by atoms with Crippen LogP contribution in [-0.4, -0.2) is 30.6 Å². The number of hydrogen-bond donors (Lipinski definition) is 3. The van der Waals surface area contributed by atoms with E-state index in [9.17, 15) is 9.59 Å². The zero-order valence-corrected chi connectivity index (χ0v) is 14.3. The van der Waals surface area contributed by atoms with Crippen molar-refractivity contribution in [3.63, 3.8) is 0 Å². The van der Waals surface area contributed by atoms with Gasteiger partial charge in [-0.1, -0.05) is 13.3 Å². The molecule has 0 aromatic carbocycles. The van der Waals surface area contributed by atoms with Gasteiger partial charge in [-0.05, 0) is 62.7 Å². The summed E-state index contributed by atoms with van der Waals surface area (Å²) in [5.74, 6) is 2.50. The lowest BCUT2D eigenvalue weighted by Gasteiger charge is -2.56. The van der Waals surface area contributed by atoms with Crippen LogP contribution < -0.4 is 16.0 Å². The van der Waals surface area contributed by atoms with E-state index in [1.807, 2.05) is 0 Å². The van der Waals surface area contributed by atoms with Gasteiger partial charge in [0.1, 0.15) is 0 Å². The maximum atomic E-state index is 12.2. The Hall–Kier alpha value is -1.26. The van der Waals surface area contributed by atoms with Gasteiger partial charge in [0, 0.05) is 25.0 Å². The first-order valence-corrected chi connectivity index (χ1v) is 9.41. The van der Waals surface area contributed by atoms with E-state index in [1.54, 1.807) is 0 Å². The molecule has 0 heterocycles. The molecule has 4 aliphatic rings. The molecule has 4 saturated carbocycles. The average molecular weight is 321 g/mol. The van der Waals surface area contributed by atoms with Crippen molar-refractivity contribution in [1.82, 2.24) is 16.0 Å². The van der Waals surface area contributed by atoms with Gasteiger partial charge in [0.25, 0.3) is 0 Å². The Kier molecular flexibility index (Phi) is 5.12. The van der Waals surface area contributed by atoms with Gasteiger partial charge in [0.2, 0.25) is 5.91 Å². The highest BCUT2D eigenvalue weighted by Crippen LogP contribution is 2.55. The number of hydrogen-bond acceptors (Lipinski definition) is 2. The van der Waals surface area contributed by atoms with Crippen LogP contribution in [0.1, 0.15) is 64.7 Å². The van der Waals surface area contributed by atoms with Gasteiger partial charge < -0.3 is 16.0 Å². The highest BCUT2D eigenvalue weighted by molar-refractivity contribution is 5.78. The topological polar surface area (TPSA) is 70.2 Å². The van der Waals surface area contributed by atoms with Crippen LogP contribution in [0.25, 0.3) is 0 Å². The minimum Gasteiger partial charge on any atom is -0.356 e. The second kappa shape index (κ2) is 7.10. The van der Waals surface area contributed by atoms with Crippen molar-refractivity contribution in [3.8, 4) is 0 Å². The highest BCUT2D eigenvalue weighted by Gasteiger charge is 2.51. The van der Waals surface area contributed by atoms with Gasteiger partial charge in [-0.2, -0.15) is 0 Å². The Bertz CT molecular complexity index is 414. The van der Waals surface area contributed by atoms with Crippen molar-refractivity contribution < 1.29 is 9.59 Å². The van der Waals surface area contributed by atoms with Crippen molar-refractivity contribution >= 4 is 11.9 Å². The number of urea groups is 1. The van der Waals surface area contributed by atoms with E-state index in [4.69, 9.17) is 0 Å². The van der Waals surface area contributed by atoms with Crippen LogP contribution in [0.4, 0.5) is 4.79 Å². The monoisotopic (exact) mass is 321 g/mol. The van der Waals surface area contributed by atoms with Gasteiger partial charge >= 0.3 is 6.03 Å². The first-order valence-electron chi connectivity index (χ1n) is 9.41. The van der Waals surface area contributed by atoms with Crippen LogP contribution >= 0.6 is 0 Å². The highest BCUT2D eigenvalue weighted by atomic mass is 16.2.